The monoisotopic (exact) mass is 246 g/mol. The van der Waals surface area contributed by atoms with Gasteiger partial charge in [0, 0.05) is 0 Å². The van der Waals surface area contributed by atoms with Crippen molar-refractivity contribution < 1.29 is 14.3 Å². The normalized spacial score (nSPS) is 20.1. The summed E-state index contributed by atoms with van der Waals surface area (Å²) in [4.78, 5) is 21.4. The highest BCUT2D eigenvalue weighted by Gasteiger charge is 2.15. The van der Waals surface area contributed by atoms with Crippen LogP contribution in [0.2, 0.25) is 0 Å². The van der Waals surface area contributed by atoms with E-state index in [1.165, 1.54) is 0 Å². The van der Waals surface area contributed by atoms with Gasteiger partial charge in [0.15, 0.2) is 0 Å². The van der Waals surface area contributed by atoms with E-state index < -0.39 is 6.04 Å². The van der Waals surface area contributed by atoms with E-state index in [4.69, 9.17) is 5.73 Å². The molecule has 1 amide bonds. The molecule has 1 rings (SSSR count). The zero-order chi connectivity index (χ0) is 11.3. The number of nitrogens with one attached hydrogen (secondary N) is 1. The number of carbonyl (C=O) groups is 2. The summed E-state index contributed by atoms with van der Waals surface area (Å²) in [6, 6.07) is -0.705. The van der Waals surface area contributed by atoms with Gasteiger partial charge in [-0.1, -0.05) is 6.08 Å². The number of hydrogen-bond acceptors (Lipinski definition) is 4. The number of rotatable bonds is 4. The summed E-state index contributed by atoms with van der Waals surface area (Å²) in [7, 11) is 0. The summed E-state index contributed by atoms with van der Waals surface area (Å²) < 4.78 is 4.67. The Morgan fingerprint density at radius 1 is 1.75 bits per heavy atom. The molecule has 1 aliphatic carbocycles. The average molecular weight is 247 g/mol. The van der Waals surface area contributed by atoms with Crippen LogP contribution in [-0.4, -0.2) is 24.5 Å². The van der Waals surface area contributed by atoms with E-state index in [2.05, 4.69) is 10.1 Å². The third-order valence-corrected chi connectivity index (χ3v) is 1.96. The predicted molar refractivity (Wildman–Crippen MR) is 61.8 cm³/mol. The van der Waals surface area contributed by atoms with Gasteiger partial charge in [0.2, 0.25) is 5.91 Å². The Hall–Kier alpha value is -1.33. The van der Waals surface area contributed by atoms with E-state index in [0.29, 0.717) is 18.7 Å². The summed E-state index contributed by atoms with van der Waals surface area (Å²) in [6.07, 6.45) is 5.85. The van der Waals surface area contributed by atoms with Gasteiger partial charge >= 0.3 is 0 Å². The quantitative estimate of drug-likeness (QED) is 0.697. The van der Waals surface area contributed by atoms with Crippen LogP contribution in [0.1, 0.15) is 13.3 Å². The zero-order valence-corrected chi connectivity index (χ0v) is 9.70. The molecule has 5 nitrogen and oxygen atoms in total. The van der Waals surface area contributed by atoms with E-state index in [1.54, 1.807) is 19.1 Å². The second-order valence-corrected chi connectivity index (χ2v) is 3.32. The topological polar surface area (TPSA) is 81.4 Å². The van der Waals surface area contributed by atoms with Gasteiger partial charge in [0.1, 0.15) is 5.76 Å². The van der Waals surface area contributed by atoms with Crippen LogP contribution in [0.25, 0.3) is 0 Å². The summed E-state index contributed by atoms with van der Waals surface area (Å²) >= 11 is 0. The number of halogens is 1. The number of amides is 1. The molecule has 0 saturated heterocycles. The number of carbonyl (C=O) groups excluding carboxylic acids is 2. The highest BCUT2D eigenvalue weighted by Crippen LogP contribution is 2.10. The maximum Gasteiger partial charge on any atom is 0.298 e. The smallest absolute Gasteiger partial charge is 0.298 e. The number of ether oxygens (including phenoxy) is 1. The molecule has 0 spiro atoms. The maximum absolute atomic E-state index is 11.3. The lowest BCUT2D eigenvalue weighted by Crippen LogP contribution is -2.43. The average Bonchev–Trinajstić information content (AvgIpc) is 2.18. The Bertz CT molecular complexity index is 313. The van der Waals surface area contributed by atoms with Crippen molar-refractivity contribution in [2.24, 2.45) is 5.73 Å². The fourth-order valence-corrected chi connectivity index (χ4v) is 1.20. The number of hydrogen-bond donors (Lipinski definition) is 2. The minimum absolute atomic E-state index is 0. The number of allylic oxidation sites excluding steroid dienone is 1. The summed E-state index contributed by atoms with van der Waals surface area (Å²) in [6.45, 7) is 1.96. The first-order valence-electron chi connectivity index (χ1n) is 4.68. The van der Waals surface area contributed by atoms with E-state index >= 15 is 0 Å². The van der Waals surface area contributed by atoms with Crippen molar-refractivity contribution in [1.29, 1.82) is 0 Å². The standard InChI is InChI=1S/C10H14N2O3.ClH/c1-7(11)10(14)12-8-3-2-4-9(5-8)15-6-13;/h2,4-8H,3,11H2,1H3,(H,12,14);1H/t7-,8?;/m0./s1. The van der Waals surface area contributed by atoms with E-state index in [0.717, 1.165) is 0 Å². The summed E-state index contributed by atoms with van der Waals surface area (Å²) in [5.74, 6) is 0.211. The highest BCUT2D eigenvalue weighted by molar-refractivity contribution is 5.85. The van der Waals surface area contributed by atoms with Crippen molar-refractivity contribution in [2.75, 3.05) is 0 Å². The van der Waals surface area contributed by atoms with Crippen molar-refractivity contribution in [3.63, 3.8) is 0 Å². The molecule has 0 fully saturated rings. The molecule has 2 atom stereocenters. The van der Waals surface area contributed by atoms with Gasteiger partial charge in [0.25, 0.3) is 6.47 Å². The van der Waals surface area contributed by atoms with Crippen molar-refractivity contribution >= 4 is 24.8 Å². The number of nitrogens with two attached hydrogens (primary N) is 1. The third-order valence-electron chi connectivity index (χ3n) is 1.96. The van der Waals surface area contributed by atoms with E-state index in [1.807, 2.05) is 6.08 Å². The molecule has 0 bridgehead atoms. The van der Waals surface area contributed by atoms with Crippen LogP contribution in [0.3, 0.4) is 0 Å². The SMILES string of the molecule is C[C@H](N)C(=O)NC1C=C(OC=O)C=CC1.Cl. The molecule has 90 valence electrons. The predicted octanol–water partition coefficient (Wildman–Crippen LogP) is 0.257. The minimum atomic E-state index is -0.542. The lowest BCUT2D eigenvalue weighted by atomic mass is 10.1. The van der Waals surface area contributed by atoms with Crippen molar-refractivity contribution in [1.82, 2.24) is 5.32 Å². The Labute approximate surface area is 100 Å². The van der Waals surface area contributed by atoms with Gasteiger partial charge in [-0.05, 0) is 25.5 Å². The molecule has 3 N–H and O–H groups in total. The van der Waals surface area contributed by atoms with Gasteiger partial charge in [-0.2, -0.15) is 0 Å². The molecular formula is C10H15ClN2O3. The molecule has 1 aliphatic rings. The fourth-order valence-electron chi connectivity index (χ4n) is 1.20. The van der Waals surface area contributed by atoms with Crippen LogP contribution < -0.4 is 11.1 Å². The lowest BCUT2D eigenvalue weighted by Gasteiger charge is -2.18. The molecule has 0 aliphatic heterocycles. The zero-order valence-electron chi connectivity index (χ0n) is 8.88. The third kappa shape index (κ3) is 4.46. The largest absolute Gasteiger partial charge is 0.429 e. The Balaban J connectivity index is 0.00000225. The lowest BCUT2D eigenvalue weighted by molar-refractivity contribution is -0.124. The first kappa shape index (κ1) is 14.7. The molecule has 0 aromatic heterocycles. The summed E-state index contributed by atoms with van der Waals surface area (Å²) in [5.41, 5.74) is 5.41. The molecule has 0 heterocycles. The molecule has 0 radical (unpaired) electrons. The Morgan fingerprint density at radius 3 is 3.00 bits per heavy atom. The Morgan fingerprint density at radius 2 is 2.44 bits per heavy atom. The molecule has 0 saturated carbocycles. The molecular weight excluding hydrogens is 232 g/mol. The molecule has 0 aromatic carbocycles. The molecule has 1 unspecified atom stereocenters. The van der Waals surface area contributed by atoms with Gasteiger partial charge in [-0.3, -0.25) is 9.59 Å². The van der Waals surface area contributed by atoms with Crippen LogP contribution in [0.5, 0.6) is 0 Å². The summed E-state index contributed by atoms with van der Waals surface area (Å²) in [5, 5.41) is 2.72. The van der Waals surface area contributed by atoms with E-state index in [-0.39, 0.29) is 24.4 Å². The van der Waals surface area contributed by atoms with Gasteiger partial charge < -0.3 is 15.8 Å². The van der Waals surface area contributed by atoms with Crippen LogP contribution in [0, 0.1) is 0 Å². The van der Waals surface area contributed by atoms with Crippen LogP contribution in [0.4, 0.5) is 0 Å². The van der Waals surface area contributed by atoms with Crippen LogP contribution in [-0.2, 0) is 14.3 Å². The van der Waals surface area contributed by atoms with Crippen molar-refractivity contribution in [3.05, 3.63) is 24.0 Å². The second-order valence-electron chi connectivity index (χ2n) is 3.32. The van der Waals surface area contributed by atoms with Gasteiger partial charge in [-0.15, -0.1) is 12.4 Å². The highest BCUT2D eigenvalue weighted by atomic mass is 35.5. The fraction of sp³-hybridized carbons (Fsp3) is 0.400. The maximum atomic E-state index is 11.3. The first-order valence-corrected chi connectivity index (χ1v) is 4.68. The second kappa shape index (κ2) is 7.03. The van der Waals surface area contributed by atoms with Crippen molar-refractivity contribution in [3.8, 4) is 0 Å². The first-order chi connectivity index (χ1) is 7.13. The Kier molecular flexibility index (Phi) is 6.44. The molecule has 6 heteroatoms. The molecule has 16 heavy (non-hydrogen) atoms. The van der Waals surface area contributed by atoms with Crippen LogP contribution in [0.15, 0.2) is 24.0 Å². The van der Waals surface area contributed by atoms with Gasteiger partial charge in [0.05, 0.1) is 12.1 Å². The van der Waals surface area contributed by atoms with E-state index in [9.17, 15) is 9.59 Å². The minimum Gasteiger partial charge on any atom is -0.429 e. The van der Waals surface area contributed by atoms with Crippen molar-refractivity contribution in [2.45, 2.75) is 25.4 Å². The van der Waals surface area contributed by atoms with Gasteiger partial charge in [-0.25, -0.2) is 0 Å². The molecule has 0 aromatic rings. The van der Waals surface area contributed by atoms with Crippen LogP contribution >= 0.6 is 12.4 Å².